The fourth-order valence-corrected chi connectivity index (χ4v) is 2.15. The van der Waals surface area contributed by atoms with E-state index in [1.165, 1.54) is 13.1 Å². The lowest BCUT2D eigenvalue weighted by Crippen LogP contribution is -2.29. The van der Waals surface area contributed by atoms with Gasteiger partial charge < -0.3 is 5.32 Å². The van der Waals surface area contributed by atoms with E-state index < -0.39 is 10.0 Å². The van der Waals surface area contributed by atoms with Gasteiger partial charge in [-0.3, -0.25) is 0 Å². The van der Waals surface area contributed by atoms with Gasteiger partial charge in [-0.05, 0) is 19.2 Å². The smallest absolute Gasteiger partial charge is 0.212 e. The highest BCUT2D eigenvalue weighted by molar-refractivity contribution is 9.10. The van der Waals surface area contributed by atoms with Crippen LogP contribution in [0.4, 0.5) is 4.39 Å². The molecule has 0 aromatic heterocycles. The van der Waals surface area contributed by atoms with E-state index >= 15 is 0 Å². The molecule has 1 rings (SSSR count). The Kier molecular flexibility index (Phi) is 5.51. The minimum atomic E-state index is -3.20. The average Bonchev–Trinajstić information content (AvgIpc) is 2.27. The van der Waals surface area contributed by atoms with Crippen molar-refractivity contribution in [3.63, 3.8) is 0 Å². The quantitative estimate of drug-likeness (QED) is 0.774. The summed E-state index contributed by atoms with van der Waals surface area (Å²) in [6, 6.07) is 4.77. The predicted molar refractivity (Wildman–Crippen MR) is 68.7 cm³/mol. The lowest BCUT2D eigenvalue weighted by atomic mass is 10.2. The lowest BCUT2D eigenvalue weighted by molar-refractivity contribution is 0.577. The zero-order valence-corrected chi connectivity index (χ0v) is 11.7. The predicted octanol–water partition coefficient (Wildman–Crippen LogP) is 1.23. The molecule has 7 heteroatoms. The molecule has 0 saturated carbocycles. The molecule has 0 heterocycles. The first-order valence-electron chi connectivity index (χ1n) is 5.00. The summed E-state index contributed by atoms with van der Waals surface area (Å²) in [6.07, 6.45) is 0. The van der Waals surface area contributed by atoms with E-state index in [1.54, 1.807) is 12.1 Å². The molecular weight excluding hydrogens is 311 g/mol. The topological polar surface area (TPSA) is 58.2 Å². The van der Waals surface area contributed by atoms with Crippen LogP contribution in [0.2, 0.25) is 0 Å². The molecule has 0 atom stereocenters. The first-order valence-corrected chi connectivity index (χ1v) is 7.45. The Labute approximate surface area is 109 Å². The Morgan fingerprint density at radius 1 is 1.41 bits per heavy atom. The van der Waals surface area contributed by atoms with Crippen molar-refractivity contribution in [2.45, 2.75) is 6.54 Å². The molecule has 17 heavy (non-hydrogen) atoms. The monoisotopic (exact) mass is 324 g/mol. The van der Waals surface area contributed by atoms with Crippen LogP contribution in [0.3, 0.4) is 0 Å². The molecule has 2 N–H and O–H groups in total. The second kappa shape index (κ2) is 6.44. The zero-order chi connectivity index (χ0) is 12.9. The van der Waals surface area contributed by atoms with E-state index in [4.69, 9.17) is 0 Å². The number of rotatable bonds is 6. The fourth-order valence-electron chi connectivity index (χ4n) is 1.20. The van der Waals surface area contributed by atoms with Crippen LogP contribution >= 0.6 is 15.9 Å². The number of hydrogen-bond acceptors (Lipinski definition) is 3. The van der Waals surface area contributed by atoms with Crippen LogP contribution in [0.5, 0.6) is 0 Å². The van der Waals surface area contributed by atoms with Gasteiger partial charge in [0.1, 0.15) is 5.82 Å². The average molecular weight is 325 g/mol. The Bertz CT molecular complexity index is 479. The molecule has 0 aliphatic heterocycles. The van der Waals surface area contributed by atoms with Crippen LogP contribution in [-0.4, -0.2) is 27.8 Å². The van der Waals surface area contributed by atoms with Gasteiger partial charge >= 0.3 is 0 Å². The summed E-state index contributed by atoms with van der Waals surface area (Å²) in [5.41, 5.74) is 0.509. The van der Waals surface area contributed by atoms with E-state index in [0.717, 1.165) is 0 Å². The van der Waals surface area contributed by atoms with Crippen molar-refractivity contribution in [3.8, 4) is 0 Å². The van der Waals surface area contributed by atoms with E-state index in [1.807, 2.05) is 0 Å². The van der Waals surface area contributed by atoms with Gasteiger partial charge in [-0.2, -0.15) is 0 Å². The van der Waals surface area contributed by atoms with Crippen LogP contribution in [-0.2, 0) is 16.6 Å². The number of sulfonamides is 1. The third-order valence-electron chi connectivity index (χ3n) is 2.19. The molecule has 0 aliphatic rings. The molecular formula is C10H14BrFN2O2S. The minimum Gasteiger partial charge on any atom is -0.312 e. The van der Waals surface area contributed by atoms with Gasteiger partial charge in [0.05, 0.1) is 5.75 Å². The largest absolute Gasteiger partial charge is 0.312 e. The summed E-state index contributed by atoms with van der Waals surface area (Å²) in [4.78, 5) is 0. The Balaban J connectivity index is 2.41. The molecule has 0 spiro atoms. The maximum Gasteiger partial charge on any atom is 0.212 e. The molecule has 0 unspecified atom stereocenters. The first kappa shape index (κ1) is 14.6. The molecule has 0 radical (unpaired) electrons. The van der Waals surface area contributed by atoms with Crippen molar-refractivity contribution in [2.24, 2.45) is 0 Å². The van der Waals surface area contributed by atoms with Gasteiger partial charge in [0.15, 0.2) is 0 Å². The highest BCUT2D eigenvalue weighted by Gasteiger charge is 2.06. The molecule has 0 bridgehead atoms. The van der Waals surface area contributed by atoms with Crippen LogP contribution in [0.15, 0.2) is 22.7 Å². The van der Waals surface area contributed by atoms with Gasteiger partial charge in [0, 0.05) is 23.1 Å². The summed E-state index contributed by atoms with van der Waals surface area (Å²) in [5, 5.41) is 2.88. The van der Waals surface area contributed by atoms with Crippen molar-refractivity contribution in [1.82, 2.24) is 10.0 Å². The molecule has 0 fully saturated rings. The molecule has 0 saturated heterocycles. The molecule has 4 nitrogen and oxygen atoms in total. The summed E-state index contributed by atoms with van der Waals surface area (Å²) in [6.45, 7) is 0.580. The minimum absolute atomic E-state index is 0.0261. The number of halogens is 2. The molecule has 96 valence electrons. The maximum absolute atomic E-state index is 13.4. The van der Waals surface area contributed by atoms with E-state index in [0.29, 0.717) is 16.6 Å². The van der Waals surface area contributed by atoms with Gasteiger partial charge in [-0.25, -0.2) is 17.5 Å². The Morgan fingerprint density at radius 3 is 2.71 bits per heavy atom. The SMILES string of the molecule is CNS(=O)(=O)CCNCc1ccc(Br)cc1F. The zero-order valence-electron chi connectivity index (χ0n) is 9.33. The standard InChI is InChI=1S/C10H14BrFN2O2S/c1-13-17(15,16)5-4-14-7-8-2-3-9(11)6-10(8)12/h2-3,6,13-14H,4-5,7H2,1H3. The van der Waals surface area contributed by atoms with Crippen molar-refractivity contribution in [1.29, 1.82) is 0 Å². The highest BCUT2D eigenvalue weighted by atomic mass is 79.9. The number of nitrogens with one attached hydrogen (secondary N) is 2. The van der Waals surface area contributed by atoms with Crippen molar-refractivity contribution in [3.05, 3.63) is 34.1 Å². The molecule has 0 amide bonds. The third-order valence-corrected chi connectivity index (χ3v) is 4.05. The summed E-state index contributed by atoms with van der Waals surface area (Å²) < 4.78 is 38.4. The van der Waals surface area contributed by atoms with Crippen molar-refractivity contribution < 1.29 is 12.8 Å². The van der Waals surface area contributed by atoms with Crippen LogP contribution in [0.1, 0.15) is 5.56 Å². The summed E-state index contributed by atoms with van der Waals surface area (Å²) >= 11 is 3.17. The summed E-state index contributed by atoms with van der Waals surface area (Å²) in [5.74, 6) is -0.342. The maximum atomic E-state index is 13.4. The number of benzene rings is 1. The van der Waals surface area contributed by atoms with E-state index in [2.05, 4.69) is 26.0 Å². The van der Waals surface area contributed by atoms with Crippen LogP contribution < -0.4 is 10.0 Å². The van der Waals surface area contributed by atoms with Crippen LogP contribution in [0, 0.1) is 5.82 Å². The second-order valence-electron chi connectivity index (χ2n) is 3.44. The van der Waals surface area contributed by atoms with Crippen molar-refractivity contribution in [2.75, 3.05) is 19.3 Å². The second-order valence-corrected chi connectivity index (χ2v) is 6.40. The Hall–Kier alpha value is -0.500. The van der Waals surface area contributed by atoms with Crippen LogP contribution in [0.25, 0.3) is 0 Å². The molecule has 1 aromatic carbocycles. The van der Waals surface area contributed by atoms with Gasteiger partial charge in [0.2, 0.25) is 10.0 Å². The van der Waals surface area contributed by atoms with Gasteiger partial charge in [-0.15, -0.1) is 0 Å². The normalized spacial score (nSPS) is 11.7. The first-order chi connectivity index (χ1) is 7.94. The van der Waals surface area contributed by atoms with E-state index in [9.17, 15) is 12.8 Å². The van der Waals surface area contributed by atoms with Gasteiger partial charge in [-0.1, -0.05) is 22.0 Å². The third kappa shape index (κ3) is 5.12. The van der Waals surface area contributed by atoms with Crippen molar-refractivity contribution >= 4 is 26.0 Å². The fraction of sp³-hybridized carbons (Fsp3) is 0.400. The lowest BCUT2D eigenvalue weighted by Gasteiger charge is -2.06. The summed E-state index contributed by atoms with van der Waals surface area (Å²) in [7, 11) is -1.84. The molecule has 0 aliphatic carbocycles. The highest BCUT2D eigenvalue weighted by Crippen LogP contribution is 2.14. The Morgan fingerprint density at radius 2 is 2.12 bits per heavy atom. The molecule has 1 aromatic rings. The van der Waals surface area contributed by atoms with E-state index in [-0.39, 0.29) is 18.1 Å². The number of hydrogen-bond donors (Lipinski definition) is 2. The van der Waals surface area contributed by atoms with Gasteiger partial charge in [0.25, 0.3) is 0 Å².